The number of carbonyl (C=O) groups excluding carboxylic acids is 2. The van der Waals surface area contributed by atoms with Crippen LogP contribution in [0.5, 0.6) is 0 Å². The maximum absolute atomic E-state index is 13.0. The Labute approximate surface area is 178 Å². The lowest BCUT2D eigenvalue weighted by Gasteiger charge is -2.16. The summed E-state index contributed by atoms with van der Waals surface area (Å²) in [5.41, 5.74) is -1.34. The summed E-state index contributed by atoms with van der Waals surface area (Å²) in [5, 5.41) is 6.28. The SMILES string of the molecule is O=C(Nc1ccccc1)OC1CCN(c2ccc(/C=C3/C(=O)ON=C3C(F)(F)F)s2)C1. The number of alkyl halides is 3. The van der Waals surface area contributed by atoms with Crippen LogP contribution in [0, 0.1) is 0 Å². The first-order valence-corrected chi connectivity index (χ1v) is 10.1. The summed E-state index contributed by atoms with van der Waals surface area (Å²) < 4.78 is 44.3. The lowest BCUT2D eigenvalue weighted by Crippen LogP contribution is -2.26. The van der Waals surface area contributed by atoms with Crippen molar-refractivity contribution in [1.29, 1.82) is 0 Å². The van der Waals surface area contributed by atoms with Gasteiger partial charge < -0.3 is 14.5 Å². The van der Waals surface area contributed by atoms with E-state index in [1.165, 1.54) is 11.3 Å². The number of para-hydroxylation sites is 1. The minimum atomic E-state index is -4.78. The molecular weight excluding hydrogens is 435 g/mol. The first-order chi connectivity index (χ1) is 14.8. The molecule has 0 aliphatic carbocycles. The average Bonchev–Trinajstić information content (AvgIpc) is 3.43. The predicted molar refractivity (Wildman–Crippen MR) is 109 cm³/mol. The number of hydrogen-bond acceptors (Lipinski definition) is 7. The quantitative estimate of drug-likeness (QED) is 0.549. The van der Waals surface area contributed by atoms with Gasteiger partial charge in [-0.1, -0.05) is 23.4 Å². The van der Waals surface area contributed by atoms with Crippen LogP contribution in [0.3, 0.4) is 0 Å². The van der Waals surface area contributed by atoms with Gasteiger partial charge in [0.05, 0.1) is 17.1 Å². The Hall–Kier alpha value is -3.34. The monoisotopic (exact) mass is 451 g/mol. The number of rotatable bonds is 4. The van der Waals surface area contributed by atoms with Gasteiger partial charge in [0.15, 0.2) is 5.71 Å². The van der Waals surface area contributed by atoms with Gasteiger partial charge in [0.1, 0.15) is 6.10 Å². The second-order valence-corrected chi connectivity index (χ2v) is 7.90. The molecule has 31 heavy (non-hydrogen) atoms. The summed E-state index contributed by atoms with van der Waals surface area (Å²) in [6.45, 7) is 1.08. The van der Waals surface area contributed by atoms with Crippen LogP contribution in [0.2, 0.25) is 0 Å². The molecule has 1 N–H and O–H groups in total. The van der Waals surface area contributed by atoms with E-state index in [4.69, 9.17) is 4.74 Å². The van der Waals surface area contributed by atoms with Crippen LogP contribution in [0.15, 0.2) is 53.2 Å². The van der Waals surface area contributed by atoms with E-state index in [0.29, 0.717) is 30.1 Å². The van der Waals surface area contributed by atoms with Gasteiger partial charge in [0.2, 0.25) is 0 Å². The van der Waals surface area contributed by atoms with Gasteiger partial charge in [-0.05, 0) is 30.3 Å². The topological polar surface area (TPSA) is 80.2 Å². The molecule has 0 saturated carbocycles. The van der Waals surface area contributed by atoms with Gasteiger partial charge in [-0.3, -0.25) is 5.32 Å². The first-order valence-electron chi connectivity index (χ1n) is 9.25. The van der Waals surface area contributed by atoms with Crippen molar-refractivity contribution in [2.24, 2.45) is 5.16 Å². The van der Waals surface area contributed by atoms with Crippen molar-refractivity contribution >= 4 is 45.9 Å². The summed E-state index contributed by atoms with van der Waals surface area (Å²) in [6, 6.07) is 12.3. The highest BCUT2D eigenvalue weighted by molar-refractivity contribution is 7.17. The van der Waals surface area contributed by atoms with Crippen LogP contribution in [0.25, 0.3) is 6.08 Å². The maximum Gasteiger partial charge on any atom is 0.437 e. The number of nitrogens with one attached hydrogen (secondary N) is 1. The molecule has 1 unspecified atom stereocenters. The average molecular weight is 451 g/mol. The van der Waals surface area contributed by atoms with E-state index in [9.17, 15) is 22.8 Å². The Morgan fingerprint density at radius 3 is 2.77 bits per heavy atom. The van der Waals surface area contributed by atoms with Crippen molar-refractivity contribution in [3.8, 4) is 0 Å². The van der Waals surface area contributed by atoms with Crippen molar-refractivity contribution in [2.75, 3.05) is 23.3 Å². The van der Waals surface area contributed by atoms with E-state index in [1.54, 1.807) is 36.4 Å². The molecule has 4 rings (SSSR count). The van der Waals surface area contributed by atoms with Crippen LogP contribution in [0.1, 0.15) is 11.3 Å². The van der Waals surface area contributed by atoms with E-state index in [-0.39, 0.29) is 6.10 Å². The summed E-state index contributed by atoms with van der Waals surface area (Å²) in [6.07, 6.45) is -3.91. The van der Waals surface area contributed by atoms with Crippen LogP contribution >= 0.6 is 11.3 Å². The van der Waals surface area contributed by atoms with Crippen molar-refractivity contribution < 1.29 is 32.3 Å². The van der Waals surface area contributed by atoms with Crippen molar-refractivity contribution in [1.82, 2.24) is 0 Å². The van der Waals surface area contributed by atoms with Crippen LogP contribution < -0.4 is 10.2 Å². The number of hydrogen-bond donors (Lipinski definition) is 1. The molecule has 1 aromatic carbocycles. The summed E-state index contributed by atoms with van der Waals surface area (Å²) in [4.78, 5) is 30.3. The maximum atomic E-state index is 13.0. The second kappa shape index (κ2) is 8.42. The first kappa shape index (κ1) is 20.9. The predicted octanol–water partition coefficient (Wildman–Crippen LogP) is 4.43. The highest BCUT2D eigenvalue weighted by Gasteiger charge is 2.45. The molecular formula is C20H16F3N3O4S. The zero-order valence-electron chi connectivity index (χ0n) is 15.9. The summed E-state index contributed by atoms with van der Waals surface area (Å²) in [5.74, 6) is -1.14. The molecule has 1 atom stereocenters. The number of halogens is 3. The molecule has 0 bridgehead atoms. The van der Waals surface area contributed by atoms with E-state index < -0.39 is 29.5 Å². The van der Waals surface area contributed by atoms with Crippen LogP contribution in [0.4, 0.5) is 28.7 Å². The number of thiophene rings is 1. The lowest BCUT2D eigenvalue weighted by atomic mass is 10.1. The number of carbonyl (C=O) groups is 2. The molecule has 7 nitrogen and oxygen atoms in total. The summed E-state index contributed by atoms with van der Waals surface area (Å²) >= 11 is 1.22. The molecule has 2 aliphatic heterocycles. The molecule has 11 heteroatoms. The molecule has 1 amide bonds. The van der Waals surface area contributed by atoms with Gasteiger partial charge in [-0.25, -0.2) is 9.59 Å². The van der Waals surface area contributed by atoms with E-state index in [0.717, 1.165) is 11.1 Å². The number of oxime groups is 1. The van der Waals surface area contributed by atoms with E-state index in [2.05, 4.69) is 15.3 Å². The Kier molecular flexibility index (Phi) is 5.68. The highest BCUT2D eigenvalue weighted by Crippen LogP contribution is 2.33. The molecule has 2 aliphatic rings. The second-order valence-electron chi connectivity index (χ2n) is 6.80. The largest absolute Gasteiger partial charge is 0.444 e. The lowest BCUT2D eigenvalue weighted by molar-refractivity contribution is -0.136. The molecule has 0 radical (unpaired) electrons. The fourth-order valence-electron chi connectivity index (χ4n) is 3.19. The standard InChI is InChI=1S/C20H16F3N3O4S/c21-20(22,23)17-15(18(27)30-25-17)10-14-6-7-16(31-14)26-9-8-13(11-26)29-19(28)24-12-4-2-1-3-5-12/h1-7,10,13H,8-9,11H2,(H,24,28)/b15-10+. The Morgan fingerprint density at radius 2 is 2.03 bits per heavy atom. The van der Waals surface area contributed by atoms with Crippen molar-refractivity contribution in [3.05, 3.63) is 52.9 Å². The minimum Gasteiger partial charge on any atom is -0.444 e. The number of nitrogens with zero attached hydrogens (tertiary/aromatic N) is 2. The molecule has 2 aromatic rings. The molecule has 0 spiro atoms. The van der Waals surface area contributed by atoms with Gasteiger partial charge in [0.25, 0.3) is 0 Å². The zero-order valence-corrected chi connectivity index (χ0v) is 16.7. The van der Waals surface area contributed by atoms with Gasteiger partial charge in [-0.15, -0.1) is 11.3 Å². The zero-order chi connectivity index (χ0) is 22.0. The third-order valence-corrected chi connectivity index (χ3v) is 5.71. The number of amides is 1. The number of benzene rings is 1. The molecule has 1 saturated heterocycles. The summed E-state index contributed by atoms with van der Waals surface area (Å²) in [7, 11) is 0. The highest BCUT2D eigenvalue weighted by atomic mass is 32.1. The fourth-order valence-corrected chi connectivity index (χ4v) is 4.18. The fraction of sp³-hybridized carbons (Fsp3) is 0.250. The van der Waals surface area contributed by atoms with E-state index >= 15 is 0 Å². The Morgan fingerprint density at radius 1 is 1.26 bits per heavy atom. The van der Waals surface area contributed by atoms with Crippen molar-refractivity contribution in [2.45, 2.75) is 18.7 Å². The molecule has 3 heterocycles. The van der Waals surface area contributed by atoms with Crippen LogP contribution in [-0.2, 0) is 14.4 Å². The van der Waals surface area contributed by atoms with Gasteiger partial charge in [0, 0.05) is 23.5 Å². The smallest absolute Gasteiger partial charge is 0.437 e. The van der Waals surface area contributed by atoms with Gasteiger partial charge >= 0.3 is 18.2 Å². The molecule has 1 aromatic heterocycles. The van der Waals surface area contributed by atoms with Crippen LogP contribution in [-0.4, -0.2) is 43.1 Å². The Bertz CT molecular complexity index is 1050. The molecule has 162 valence electrons. The van der Waals surface area contributed by atoms with Gasteiger partial charge in [-0.2, -0.15) is 13.2 Å². The third-order valence-electron chi connectivity index (χ3n) is 4.61. The number of anilines is 2. The normalized spacial score (nSPS) is 20.0. The third kappa shape index (κ3) is 4.88. The number of ether oxygens (including phenoxy) is 1. The van der Waals surface area contributed by atoms with Crippen molar-refractivity contribution in [3.63, 3.8) is 0 Å². The van der Waals surface area contributed by atoms with E-state index in [1.807, 2.05) is 11.0 Å². The Balaban J connectivity index is 1.37. The molecule has 1 fully saturated rings. The minimum absolute atomic E-state index is 0.318.